The Bertz CT molecular complexity index is 272. The zero-order valence-electron chi connectivity index (χ0n) is 6.43. The van der Waals surface area contributed by atoms with Crippen LogP contribution in [0.5, 0.6) is 0 Å². The molecule has 1 spiro atoms. The Kier molecular flexibility index (Phi) is 0.823. The molecule has 0 radical (unpaired) electrons. The fourth-order valence-electron chi connectivity index (χ4n) is 1.94. The average Bonchev–Trinajstić information content (AvgIpc) is 2.66. The van der Waals surface area contributed by atoms with Crippen LogP contribution in [0.4, 0.5) is 5.69 Å². The lowest BCUT2D eigenvalue weighted by molar-refractivity contribution is 0.771. The number of nitrogens with one attached hydrogen (secondary N) is 1. The maximum absolute atomic E-state index is 3.58. The second-order valence-electron chi connectivity index (χ2n) is 3.74. The minimum Gasteiger partial charge on any atom is -0.379 e. The first-order valence-electron chi connectivity index (χ1n) is 4.24. The molecule has 0 unspecified atom stereocenters. The summed E-state index contributed by atoms with van der Waals surface area (Å²) in [4.78, 5) is 0. The van der Waals surface area contributed by atoms with Crippen molar-refractivity contribution in [2.75, 3.05) is 5.32 Å². The van der Waals surface area contributed by atoms with Crippen molar-refractivity contribution >= 4 is 5.69 Å². The summed E-state index contributed by atoms with van der Waals surface area (Å²) in [6.45, 7) is 0. The minimum atomic E-state index is 0.504. The number of para-hydroxylation sites is 1. The minimum absolute atomic E-state index is 0.504. The van der Waals surface area contributed by atoms with Gasteiger partial charge in [-0.05, 0) is 30.9 Å². The van der Waals surface area contributed by atoms with Crippen LogP contribution in [0, 0.1) is 0 Å². The average molecular weight is 145 g/mol. The molecule has 1 heterocycles. The Morgan fingerprint density at radius 1 is 1.18 bits per heavy atom. The van der Waals surface area contributed by atoms with Crippen LogP contribution < -0.4 is 5.32 Å². The molecule has 1 heteroatoms. The molecule has 0 atom stereocenters. The standard InChI is InChI=1S/C10H11N/c1-2-4-9-8(3-1)7-10(11-9)5-6-10/h1-4,11H,5-7H2. The molecule has 1 saturated carbocycles. The van der Waals surface area contributed by atoms with E-state index in [0.29, 0.717) is 5.54 Å². The third kappa shape index (κ3) is 0.710. The number of hydrogen-bond donors (Lipinski definition) is 1. The monoisotopic (exact) mass is 145 g/mol. The second kappa shape index (κ2) is 1.60. The van der Waals surface area contributed by atoms with Crippen molar-refractivity contribution in [1.29, 1.82) is 0 Å². The van der Waals surface area contributed by atoms with Gasteiger partial charge in [0.05, 0.1) is 0 Å². The Hall–Kier alpha value is -0.980. The third-order valence-electron chi connectivity index (χ3n) is 2.80. The van der Waals surface area contributed by atoms with Gasteiger partial charge in [-0.1, -0.05) is 18.2 Å². The maximum atomic E-state index is 3.58. The molecule has 1 aromatic carbocycles. The Balaban J connectivity index is 2.08. The molecule has 1 aromatic rings. The molecule has 2 aliphatic rings. The second-order valence-corrected chi connectivity index (χ2v) is 3.74. The molecule has 11 heavy (non-hydrogen) atoms. The van der Waals surface area contributed by atoms with E-state index in [1.165, 1.54) is 30.5 Å². The Labute approximate surface area is 66.4 Å². The lowest BCUT2D eigenvalue weighted by Crippen LogP contribution is -2.15. The fourth-order valence-corrected chi connectivity index (χ4v) is 1.94. The van der Waals surface area contributed by atoms with Gasteiger partial charge >= 0.3 is 0 Å². The molecule has 1 fully saturated rings. The van der Waals surface area contributed by atoms with E-state index in [2.05, 4.69) is 29.6 Å². The quantitative estimate of drug-likeness (QED) is 0.590. The molecule has 1 aliphatic carbocycles. The molecule has 0 amide bonds. The lowest BCUT2D eigenvalue weighted by atomic mass is 10.1. The van der Waals surface area contributed by atoms with Gasteiger partial charge in [0, 0.05) is 11.2 Å². The van der Waals surface area contributed by atoms with Crippen LogP contribution in [0.25, 0.3) is 0 Å². The van der Waals surface area contributed by atoms with Crippen molar-refractivity contribution in [3.63, 3.8) is 0 Å². The molecule has 0 aromatic heterocycles. The highest BCUT2D eigenvalue weighted by Crippen LogP contribution is 2.47. The molecule has 1 N–H and O–H groups in total. The Morgan fingerprint density at radius 3 is 2.73 bits per heavy atom. The molecule has 1 nitrogen and oxygen atoms in total. The first-order chi connectivity index (χ1) is 5.38. The number of benzene rings is 1. The number of rotatable bonds is 0. The van der Waals surface area contributed by atoms with Crippen molar-refractivity contribution in [2.45, 2.75) is 24.8 Å². The summed E-state index contributed by atoms with van der Waals surface area (Å²) < 4.78 is 0. The van der Waals surface area contributed by atoms with Gasteiger partial charge in [0.2, 0.25) is 0 Å². The Morgan fingerprint density at radius 2 is 2.00 bits per heavy atom. The van der Waals surface area contributed by atoms with Gasteiger partial charge in [-0.3, -0.25) is 0 Å². The van der Waals surface area contributed by atoms with Gasteiger partial charge in [-0.2, -0.15) is 0 Å². The molecule has 0 saturated heterocycles. The topological polar surface area (TPSA) is 12.0 Å². The van der Waals surface area contributed by atoms with Gasteiger partial charge < -0.3 is 5.32 Å². The van der Waals surface area contributed by atoms with Gasteiger partial charge in [-0.15, -0.1) is 0 Å². The number of fused-ring (bicyclic) bond motifs is 1. The number of anilines is 1. The predicted molar refractivity (Wildman–Crippen MR) is 45.7 cm³/mol. The van der Waals surface area contributed by atoms with Crippen LogP contribution in [0.2, 0.25) is 0 Å². The van der Waals surface area contributed by atoms with Gasteiger partial charge in [-0.25, -0.2) is 0 Å². The summed E-state index contributed by atoms with van der Waals surface area (Å²) >= 11 is 0. The highest BCUT2D eigenvalue weighted by molar-refractivity contribution is 5.60. The van der Waals surface area contributed by atoms with Crippen LogP contribution in [0.15, 0.2) is 24.3 Å². The highest BCUT2D eigenvalue weighted by Gasteiger charge is 2.46. The third-order valence-corrected chi connectivity index (χ3v) is 2.80. The zero-order valence-corrected chi connectivity index (χ0v) is 6.43. The molecular formula is C10H11N. The van der Waals surface area contributed by atoms with Crippen molar-refractivity contribution in [2.24, 2.45) is 0 Å². The smallest absolute Gasteiger partial charge is 0.0416 e. The fraction of sp³-hybridized carbons (Fsp3) is 0.400. The van der Waals surface area contributed by atoms with Gasteiger partial charge in [0.15, 0.2) is 0 Å². The molecule has 3 rings (SSSR count). The largest absolute Gasteiger partial charge is 0.379 e. The first kappa shape index (κ1) is 5.64. The van der Waals surface area contributed by atoms with Crippen LogP contribution in [-0.4, -0.2) is 5.54 Å². The lowest BCUT2D eigenvalue weighted by Gasteiger charge is -2.05. The van der Waals surface area contributed by atoms with Gasteiger partial charge in [0.1, 0.15) is 0 Å². The van der Waals surface area contributed by atoms with Crippen LogP contribution in [0.1, 0.15) is 18.4 Å². The van der Waals surface area contributed by atoms with Crippen LogP contribution in [0.3, 0.4) is 0 Å². The molecule has 0 bridgehead atoms. The predicted octanol–water partition coefficient (Wildman–Crippen LogP) is 2.19. The SMILES string of the molecule is c1ccc2c(c1)CC1(CC1)N2. The highest BCUT2D eigenvalue weighted by atomic mass is 15.1. The summed E-state index contributed by atoms with van der Waals surface area (Å²) in [5.41, 5.74) is 3.37. The van der Waals surface area contributed by atoms with E-state index < -0.39 is 0 Å². The van der Waals surface area contributed by atoms with E-state index in [9.17, 15) is 0 Å². The summed E-state index contributed by atoms with van der Waals surface area (Å²) in [5, 5.41) is 3.58. The van der Waals surface area contributed by atoms with E-state index in [0.717, 1.165) is 0 Å². The van der Waals surface area contributed by atoms with Crippen molar-refractivity contribution in [3.05, 3.63) is 29.8 Å². The van der Waals surface area contributed by atoms with Crippen molar-refractivity contribution < 1.29 is 0 Å². The van der Waals surface area contributed by atoms with E-state index in [-0.39, 0.29) is 0 Å². The van der Waals surface area contributed by atoms with E-state index >= 15 is 0 Å². The summed E-state index contributed by atoms with van der Waals surface area (Å²) in [6, 6.07) is 8.65. The van der Waals surface area contributed by atoms with Gasteiger partial charge in [0.25, 0.3) is 0 Å². The summed E-state index contributed by atoms with van der Waals surface area (Å²) in [6.07, 6.45) is 3.98. The molecule has 56 valence electrons. The van der Waals surface area contributed by atoms with E-state index in [1.807, 2.05) is 0 Å². The van der Waals surface area contributed by atoms with E-state index in [1.54, 1.807) is 0 Å². The maximum Gasteiger partial charge on any atom is 0.0416 e. The zero-order chi connectivity index (χ0) is 7.31. The van der Waals surface area contributed by atoms with Crippen LogP contribution >= 0.6 is 0 Å². The van der Waals surface area contributed by atoms with Crippen molar-refractivity contribution in [3.8, 4) is 0 Å². The summed E-state index contributed by atoms with van der Waals surface area (Å²) in [7, 11) is 0. The number of hydrogen-bond acceptors (Lipinski definition) is 1. The molecular weight excluding hydrogens is 134 g/mol. The normalized spacial score (nSPS) is 22.9. The summed E-state index contributed by atoms with van der Waals surface area (Å²) in [5.74, 6) is 0. The first-order valence-corrected chi connectivity index (χ1v) is 4.24. The van der Waals surface area contributed by atoms with Crippen LogP contribution in [-0.2, 0) is 6.42 Å². The van der Waals surface area contributed by atoms with E-state index in [4.69, 9.17) is 0 Å². The molecule has 1 aliphatic heterocycles. The van der Waals surface area contributed by atoms with Crippen molar-refractivity contribution in [1.82, 2.24) is 0 Å².